The summed E-state index contributed by atoms with van der Waals surface area (Å²) in [5.41, 5.74) is 2.08. The van der Waals surface area contributed by atoms with E-state index in [0.717, 1.165) is 5.56 Å². The smallest absolute Gasteiger partial charge is 0.263 e. The SMILES string of the molecule is CCOc1nc2ccccc2nc1NS(=O)(=O)c1cccc(C)c1. The van der Waals surface area contributed by atoms with Gasteiger partial charge in [0.25, 0.3) is 15.9 Å². The van der Waals surface area contributed by atoms with Crippen LogP contribution in [0.1, 0.15) is 12.5 Å². The van der Waals surface area contributed by atoms with Gasteiger partial charge in [0.2, 0.25) is 5.82 Å². The number of ether oxygens (including phenoxy) is 1. The van der Waals surface area contributed by atoms with Crippen LogP contribution in [-0.4, -0.2) is 25.0 Å². The van der Waals surface area contributed by atoms with Crippen molar-refractivity contribution in [3.63, 3.8) is 0 Å². The van der Waals surface area contributed by atoms with Crippen molar-refractivity contribution in [2.24, 2.45) is 0 Å². The number of aryl methyl sites for hydroxylation is 1. The molecule has 2 aromatic carbocycles. The van der Waals surface area contributed by atoms with Gasteiger partial charge >= 0.3 is 0 Å². The van der Waals surface area contributed by atoms with Gasteiger partial charge in [0.1, 0.15) is 0 Å². The van der Waals surface area contributed by atoms with Crippen LogP contribution >= 0.6 is 0 Å². The van der Waals surface area contributed by atoms with Crippen LogP contribution in [0.15, 0.2) is 53.4 Å². The summed E-state index contributed by atoms with van der Waals surface area (Å²) in [7, 11) is -3.78. The molecule has 0 bridgehead atoms. The third kappa shape index (κ3) is 3.30. The summed E-state index contributed by atoms with van der Waals surface area (Å²) in [5, 5.41) is 0. The molecule has 0 saturated carbocycles. The fourth-order valence-corrected chi connectivity index (χ4v) is 3.36. The average Bonchev–Trinajstić information content (AvgIpc) is 2.55. The highest BCUT2D eigenvalue weighted by Crippen LogP contribution is 2.26. The standard InChI is InChI=1S/C17H17N3O3S/c1-3-23-17-16(18-14-9-4-5-10-15(14)19-17)20-24(21,22)13-8-6-7-12(2)11-13/h4-11H,3H2,1-2H3,(H,18,20). The molecule has 0 aliphatic heterocycles. The quantitative estimate of drug-likeness (QED) is 0.770. The van der Waals surface area contributed by atoms with E-state index in [2.05, 4.69) is 14.7 Å². The van der Waals surface area contributed by atoms with Crippen LogP contribution in [0, 0.1) is 6.92 Å². The Labute approximate surface area is 140 Å². The third-order valence-electron chi connectivity index (χ3n) is 3.35. The van der Waals surface area contributed by atoms with E-state index in [1.54, 1.807) is 31.2 Å². The summed E-state index contributed by atoms with van der Waals surface area (Å²) in [5.74, 6) is 0.240. The number of hydrogen-bond acceptors (Lipinski definition) is 5. The van der Waals surface area contributed by atoms with Crippen LogP contribution in [0.25, 0.3) is 11.0 Å². The minimum Gasteiger partial charge on any atom is -0.475 e. The average molecular weight is 343 g/mol. The molecule has 0 spiro atoms. The number of sulfonamides is 1. The summed E-state index contributed by atoms with van der Waals surface area (Å²) in [4.78, 5) is 8.86. The number of nitrogens with zero attached hydrogens (tertiary/aromatic N) is 2. The Balaban J connectivity index is 2.06. The van der Waals surface area contributed by atoms with Crippen molar-refractivity contribution in [1.82, 2.24) is 9.97 Å². The first-order valence-corrected chi connectivity index (χ1v) is 8.97. The molecular formula is C17H17N3O3S. The molecule has 1 N–H and O–H groups in total. The van der Waals surface area contributed by atoms with Crippen molar-refractivity contribution in [2.75, 3.05) is 11.3 Å². The van der Waals surface area contributed by atoms with Gasteiger partial charge in [0.05, 0.1) is 22.5 Å². The lowest BCUT2D eigenvalue weighted by Crippen LogP contribution is -2.16. The van der Waals surface area contributed by atoms with Gasteiger partial charge in [-0.05, 0) is 43.7 Å². The summed E-state index contributed by atoms with van der Waals surface area (Å²) < 4.78 is 33.2. The first kappa shape index (κ1) is 16.2. The van der Waals surface area contributed by atoms with E-state index >= 15 is 0 Å². The van der Waals surface area contributed by atoms with Gasteiger partial charge in [0.15, 0.2) is 0 Å². The molecule has 0 unspecified atom stereocenters. The lowest BCUT2D eigenvalue weighted by Gasteiger charge is -2.12. The number of nitrogens with one attached hydrogen (secondary N) is 1. The van der Waals surface area contributed by atoms with Crippen LogP contribution in [-0.2, 0) is 10.0 Å². The zero-order valence-electron chi connectivity index (χ0n) is 13.4. The topological polar surface area (TPSA) is 81.2 Å². The van der Waals surface area contributed by atoms with Crippen LogP contribution in [0.5, 0.6) is 5.88 Å². The molecule has 24 heavy (non-hydrogen) atoms. The molecule has 0 aliphatic carbocycles. The predicted octanol–water partition coefficient (Wildman–Crippen LogP) is 3.14. The van der Waals surface area contributed by atoms with Crippen molar-refractivity contribution in [3.8, 4) is 5.88 Å². The second-order valence-electron chi connectivity index (χ2n) is 5.22. The van der Waals surface area contributed by atoms with Gasteiger partial charge < -0.3 is 4.74 Å². The Morgan fingerprint density at radius 3 is 2.42 bits per heavy atom. The maximum Gasteiger partial charge on any atom is 0.263 e. The summed E-state index contributed by atoms with van der Waals surface area (Å²) in [6.45, 7) is 3.99. The Morgan fingerprint density at radius 2 is 1.75 bits per heavy atom. The van der Waals surface area contributed by atoms with Gasteiger partial charge in [-0.2, -0.15) is 0 Å². The molecule has 0 radical (unpaired) electrons. The van der Waals surface area contributed by atoms with Crippen molar-refractivity contribution in [1.29, 1.82) is 0 Å². The minimum absolute atomic E-state index is 0.0806. The molecule has 7 heteroatoms. The van der Waals surface area contributed by atoms with Gasteiger partial charge in [-0.15, -0.1) is 0 Å². The second-order valence-corrected chi connectivity index (χ2v) is 6.90. The van der Waals surface area contributed by atoms with Crippen molar-refractivity contribution in [2.45, 2.75) is 18.7 Å². The second kappa shape index (κ2) is 6.45. The molecule has 3 aromatic rings. The summed E-state index contributed by atoms with van der Waals surface area (Å²) in [6, 6.07) is 13.9. The first-order valence-electron chi connectivity index (χ1n) is 7.48. The monoisotopic (exact) mass is 343 g/mol. The van der Waals surface area contributed by atoms with E-state index in [-0.39, 0.29) is 16.6 Å². The number of fused-ring (bicyclic) bond motifs is 1. The number of para-hydroxylation sites is 2. The summed E-state index contributed by atoms with van der Waals surface area (Å²) >= 11 is 0. The number of benzene rings is 2. The maximum absolute atomic E-state index is 12.6. The van der Waals surface area contributed by atoms with Gasteiger partial charge in [-0.3, -0.25) is 4.72 Å². The van der Waals surface area contributed by atoms with E-state index in [4.69, 9.17) is 4.74 Å². The molecule has 0 fully saturated rings. The zero-order chi connectivity index (χ0) is 17.2. The summed E-state index contributed by atoms with van der Waals surface area (Å²) in [6.07, 6.45) is 0. The Kier molecular flexibility index (Phi) is 4.35. The Morgan fingerprint density at radius 1 is 1.04 bits per heavy atom. The lowest BCUT2D eigenvalue weighted by molar-refractivity contribution is 0.329. The number of hydrogen-bond donors (Lipinski definition) is 1. The molecule has 0 saturated heterocycles. The van der Waals surface area contributed by atoms with E-state index in [1.165, 1.54) is 6.07 Å². The van der Waals surface area contributed by atoms with E-state index in [9.17, 15) is 8.42 Å². The molecular weight excluding hydrogens is 326 g/mol. The Hall–Kier alpha value is -2.67. The lowest BCUT2D eigenvalue weighted by atomic mass is 10.2. The number of aromatic nitrogens is 2. The molecule has 0 amide bonds. The van der Waals surface area contributed by atoms with E-state index < -0.39 is 10.0 Å². The highest BCUT2D eigenvalue weighted by atomic mass is 32.2. The molecule has 0 aliphatic rings. The van der Waals surface area contributed by atoms with Crippen LogP contribution < -0.4 is 9.46 Å². The van der Waals surface area contributed by atoms with Crippen LogP contribution in [0.3, 0.4) is 0 Å². The largest absolute Gasteiger partial charge is 0.475 e. The predicted molar refractivity (Wildman–Crippen MR) is 92.7 cm³/mol. The maximum atomic E-state index is 12.6. The molecule has 0 atom stereocenters. The van der Waals surface area contributed by atoms with Gasteiger partial charge in [0, 0.05) is 0 Å². The highest BCUT2D eigenvalue weighted by Gasteiger charge is 2.19. The fourth-order valence-electron chi connectivity index (χ4n) is 2.26. The van der Waals surface area contributed by atoms with Gasteiger partial charge in [-0.1, -0.05) is 24.3 Å². The number of anilines is 1. The molecule has 1 heterocycles. The van der Waals surface area contributed by atoms with Gasteiger partial charge in [-0.25, -0.2) is 18.4 Å². The normalized spacial score (nSPS) is 11.4. The highest BCUT2D eigenvalue weighted by molar-refractivity contribution is 7.92. The van der Waals surface area contributed by atoms with Crippen LogP contribution in [0.4, 0.5) is 5.82 Å². The zero-order valence-corrected chi connectivity index (χ0v) is 14.2. The minimum atomic E-state index is -3.78. The van der Waals surface area contributed by atoms with Crippen molar-refractivity contribution >= 4 is 26.9 Å². The third-order valence-corrected chi connectivity index (χ3v) is 4.69. The van der Waals surface area contributed by atoms with Crippen LogP contribution in [0.2, 0.25) is 0 Å². The number of rotatable bonds is 5. The Bertz CT molecular complexity index is 987. The van der Waals surface area contributed by atoms with E-state index in [0.29, 0.717) is 17.6 Å². The van der Waals surface area contributed by atoms with Crippen molar-refractivity contribution in [3.05, 3.63) is 54.1 Å². The van der Waals surface area contributed by atoms with Crippen molar-refractivity contribution < 1.29 is 13.2 Å². The molecule has 1 aromatic heterocycles. The molecule has 3 rings (SSSR count). The fraction of sp³-hybridized carbons (Fsp3) is 0.176. The molecule has 124 valence electrons. The van der Waals surface area contributed by atoms with E-state index in [1.807, 2.05) is 25.1 Å². The molecule has 6 nitrogen and oxygen atoms in total. The first-order chi connectivity index (χ1) is 11.5.